The number of nitrogens with one attached hydrogen (secondary N) is 2. The molecule has 0 spiro atoms. The van der Waals surface area contributed by atoms with E-state index in [4.69, 9.17) is 0 Å². The molecule has 31 heavy (non-hydrogen) atoms. The number of non-ortho nitro benzene ring substituents is 1. The molecule has 0 aliphatic heterocycles. The molecule has 2 aromatic carbocycles. The molecule has 1 heterocycles. The Bertz CT molecular complexity index is 1140. The van der Waals surface area contributed by atoms with Gasteiger partial charge in [0.05, 0.1) is 22.9 Å². The van der Waals surface area contributed by atoms with E-state index in [1.807, 2.05) is 0 Å². The number of hydrogen-bond donors (Lipinski definition) is 2. The zero-order chi connectivity index (χ0) is 22.4. The molecule has 0 aliphatic rings. The monoisotopic (exact) mass is 444 g/mol. The third-order valence-electron chi connectivity index (χ3n) is 4.13. The Kier molecular flexibility index (Phi) is 6.92. The van der Waals surface area contributed by atoms with E-state index in [-0.39, 0.29) is 29.2 Å². The molecule has 0 unspecified atom stereocenters. The fourth-order valence-electron chi connectivity index (χ4n) is 2.53. The SMILES string of the molecule is Cn1c(CNC(=O)c2cccc([N+](=O)[O-])c2)nnc1SCC(=O)Nc1ccccc1F. The molecule has 0 aliphatic carbocycles. The van der Waals surface area contributed by atoms with E-state index in [0.29, 0.717) is 11.0 Å². The van der Waals surface area contributed by atoms with Crippen LogP contribution in [0.2, 0.25) is 0 Å². The summed E-state index contributed by atoms with van der Waals surface area (Å²) in [6.45, 7) is 0.0347. The summed E-state index contributed by atoms with van der Waals surface area (Å²) in [5.74, 6) is -1.01. The van der Waals surface area contributed by atoms with Crippen LogP contribution in [0.25, 0.3) is 0 Å². The van der Waals surface area contributed by atoms with Crippen LogP contribution in [-0.4, -0.2) is 37.3 Å². The van der Waals surface area contributed by atoms with Crippen LogP contribution in [0.5, 0.6) is 0 Å². The summed E-state index contributed by atoms with van der Waals surface area (Å²) in [6, 6.07) is 11.2. The number of thioether (sulfide) groups is 1. The van der Waals surface area contributed by atoms with Gasteiger partial charge >= 0.3 is 0 Å². The van der Waals surface area contributed by atoms with Gasteiger partial charge in [0.25, 0.3) is 11.6 Å². The summed E-state index contributed by atoms with van der Waals surface area (Å²) in [7, 11) is 1.67. The number of carbonyl (C=O) groups is 2. The molecule has 0 bridgehead atoms. The normalized spacial score (nSPS) is 10.5. The Hall–Kier alpha value is -3.80. The Morgan fingerprint density at radius 3 is 2.71 bits per heavy atom. The van der Waals surface area contributed by atoms with E-state index in [9.17, 15) is 24.1 Å². The summed E-state index contributed by atoms with van der Waals surface area (Å²) in [5, 5.41) is 24.3. The van der Waals surface area contributed by atoms with E-state index in [1.165, 1.54) is 42.5 Å². The van der Waals surface area contributed by atoms with Crippen molar-refractivity contribution < 1.29 is 18.9 Å². The topological polar surface area (TPSA) is 132 Å². The van der Waals surface area contributed by atoms with Crippen LogP contribution in [0.4, 0.5) is 15.8 Å². The van der Waals surface area contributed by atoms with Crippen LogP contribution < -0.4 is 10.6 Å². The lowest BCUT2D eigenvalue weighted by molar-refractivity contribution is -0.384. The zero-order valence-corrected chi connectivity index (χ0v) is 17.1. The van der Waals surface area contributed by atoms with Crippen molar-refractivity contribution in [3.05, 3.63) is 75.9 Å². The Morgan fingerprint density at radius 1 is 1.19 bits per heavy atom. The van der Waals surface area contributed by atoms with Crippen molar-refractivity contribution in [1.82, 2.24) is 20.1 Å². The number of hydrogen-bond acceptors (Lipinski definition) is 7. The maximum Gasteiger partial charge on any atom is 0.270 e. The highest BCUT2D eigenvalue weighted by Crippen LogP contribution is 2.18. The number of aromatic nitrogens is 3. The minimum absolute atomic E-state index is 0.0135. The molecule has 3 rings (SSSR count). The molecule has 12 heteroatoms. The van der Waals surface area contributed by atoms with E-state index in [0.717, 1.165) is 11.8 Å². The Balaban J connectivity index is 1.54. The molecule has 1 aromatic heterocycles. The number of benzene rings is 2. The average molecular weight is 444 g/mol. The molecule has 10 nitrogen and oxygen atoms in total. The molecule has 3 aromatic rings. The lowest BCUT2D eigenvalue weighted by Crippen LogP contribution is -2.24. The van der Waals surface area contributed by atoms with Gasteiger partial charge in [-0.25, -0.2) is 4.39 Å². The fourth-order valence-corrected chi connectivity index (χ4v) is 3.26. The van der Waals surface area contributed by atoms with Crippen LogP contribution in [-0.2, 0) is 18.4 Å². The highest BCUT2D eigenvalue weighted by atomic mass is 32.2. The molecule has 2 amide bonds. The van der Waals surface area contributed by atoms with Crippen molar-refractivity contribution in [1.29, 1.82) is 0 Å². The van der Waals surface area contributed by atoms with Crippen molar-refractivity contribution in [2.24, 2.45) is 7.05 Å². The maximum atomic E-state index is 13.6. The molecular formula is C19H17FN6O4S. The molecule has 0 atom stereocenters. The second-order valence-electron chi connectivity index (χ2n) is 6.26. The predicted molar refractivity (Wildman–Crippen MR) is 111 cm³/mol. The van der Waals surface area contributed by atoms with Gasteiger partial charge in [0.1, 0.15) is 5.82 Å². The van der Waals surface area contributed by atoms with Crippen LogP contribution in [0.15, 0.2) is 53.7 Å². The lowest BCUT2D eigenvalue weighted by atomic mass is 10.2. The van der Waals surface area contributed by atoms with Crippen LogP contribution in [0, 0.1) is 15.9 Å². The minimum atomic E-state index is -0.578. The number of rotatable bonds is 8. The first kappa shape index (κ1) is 21.9. The average Bonchev–Trinajstić information content (AvgIpc) is 3.11. The summed E-state index contributed by atoms with van der Waals surface area (Å²) < 4.78 is 15.2. The summed E-state index contributed by atoms with van der Waals surface area (Å²) in [4.78, 5) is 34.5. The minimum Gasteiger partial charge on any atom is -0.345 e. The van der Waals surface area contributed by atoms with Crippen LogP contribution >= 0.6 is 11.8 Å². The number of carbonyl (C=O) groups excluding carboxylic acids is 2. The molecule has 0 saturated heterocycles. The number of nitrogens with zero attached hydrogens (tertiary/aromatic N) is 4. The number of amides is 2. The largest absolute Gasteiger partial charge is 0.345 e. The van der Waals surface area contributed by atoms with Gasteiger partial charge in [0, 0.05) is 24.7 Å². The molecule has 0 fully saturated rings. The standard InChI is InChI=1S/C19H17FN6O4S/c1-25-16(10-21-18(28)12-5-4-6-13(9-12)26(29)30)23-24-19(25)31-11-17(27)22-15-8-3-2-7-14(15)20/h2-9H,10-11H2,1H3,(H,21,28)(H,22,27). The van der Waals surface area contributed by atoms with Crippen LogP contribution in [0.3, 0.4) is 0 Å². The molecular weight excluding hydrogens is 427 g/mol. The first-order valence-electron chi connectivity index (χ1n) is 8.93. The first-order chi connectivity index (χ1) is 14.8. The number of nitro benzene ring substituents is 1. The Labute approximate surface area is 180 Å². The van der Waals surface area contributed by atoms with Crippen molar-refractivity contribution in [2.45, 2.75) is 11.7 Å². The van der Waals surface area contributed by atoms with Gasteiger partial charge < -0.3 is 15.2 Å². The van der Waals surface area contributed by atoms with Gasteiger partial charge in [-0.1, -0.05) is 30.0 Å². The van der Waals surface area contributed by atoms with Gasteiger partial charge in [0.15, 0.2) is 11.0 Å². The first-order valence-corrected chi connectivity index (χ1v) is 9.92. The second kappa shape index (κ2) is 9.80. The van der Waals surface area contributed by atoms with Gasteiger partial charge in [-0.05, 0) is 18.2 Å². The predicted octanol–water partition coefficient (Wildman–Crippen LogP) is 2.52. The number of nitro groups is 1. The van der Waals surface area contributed by atoms with Gasteiger partial charge in [0.2, 0.25) is 5.91 Å². The highest BCUT2D eigenvalue weighted by Gasteiger charge is 2.15. The maximum absolute atomic E-state index is 13.6. The number of anilines is 1. The van der Waals surface area contributed by atoms with Crippen molar-refractivity contribution in [2.75, 3.05) is 11.1 Å². The molecule has 0 saturated carbocycles. The smallest absolute Gasteiger partial charge is 0.270 e. The highest BCUT2D eigenvalue weighted by molar-refractivity contribution is 7.99. The summed E-state index contributed by atoms with van der Waals surface area (Å²) in [6.07, 6.45) is 0. The molecule has 0 radical (unpaired) electrons. The van der Waals surface area contributed by atoms with Gasteiger partial charge in [-0.3, -0.25) is 19.7 Å². The molecule has 160 valence electrons. The summed E-state index contributed by atoms with van der Waals surface area (Å²) >= 11 is 1.10. The molecule has 2 N–H and O–H groups in total. The zero-order valence-electron chi connectivity index (χ0n) is 16.2. The number of halogens is 1. The van der Waals surface area contributed by atoms with Crippen molar-refractivity contribution in [3.63, 3.8) is 0 Å². The van der Waals surface area contributed by atoms with Crippen molar-refractivity contribution in [3.8, 4) is 0 Å². The lowest BCUT2D eigenvalue weighted by Gasteiger charge is -2.07. The van der Waals surface area contributed by atoms with Gasteiger partial charge in [-0.15, -0.1) is 10.2 Å². The quantitative estimate of drug-likeness (QED) is 0.310. The second-order valence-corrected chi connectivity index (χ2v) is 7.21. The van der Waals surface area contributed by atoms with Crippen LogP contribution in [0.1, 0.15) is 16.2 Å². The van der Waals surface area contributed by atoms with E-state index >= 15 is 0 Å². The van der Waals surface area contributed by atoms with Gasteiger partial charge in [-0.2, -0.15) is 0 Å². The fraction of sp³-hybridized carbons (Fsp3) is 0.158. The third-order valence-corrected chi connectivity index (χ3v) is 5.15. The van der Waals surface area contributed by atoms with E-state index in [2.05, 4.69) is 20.8 Å². The third kappa shape index (κ3) is 5.63. The Morgan fingerprint density at radius 2 is 1.97 bits per heavy atom. The van der Waals surface area contributed by atoms with E-state index < -0.39 is 22.6 Å². The number of para-hydroxylation sites is 1. The van der Waals surface area contributed by atoms with E-state index in [1.54, 1.807) is 17.7 Å². The summed E-state index contributed by atoms with van der Waals surface area (Å²) in [5.41, 5.74) is 0.0602. The van der Waals surface area contributed by atoms with Crippen molar-refractivity contribution >= 4 is 35.0 Å².